The largest absolute Gasteiger partial charge is 0.556 e. The van der Waals surface area contributed by atoms with Crippen LogP contribution in [0.5, 0.6) is 0 Å². The predicted molar refractivity (Wildman–Crippen MR) is 106 cm³/mol. The number of benzene rings is 2. The summed E-state index contributed by atoms with van der Waals surface area (Å²) in [6.07, 6.45) is 3.46. The molecule has 2 aromatic carbocycles. The van der Waals surface area contributed by atoms with Crippen molar-refractivity contribution >= 4 is 34.6 Å². The Labute approximate surface area is 156 Å². The van der Waals surface area contributed by atoms with E-state index < -0.39 is 12.7 Å². The van der Waals surface area contributed by atoms with Crippen molar-refractivity contribution < 1.29 is 19.9 Å². The van der Waals surface area contributed by atoms with Crippen LogP contribution in [0.4, 0.5) is 5.69 Å². The number of nitrogens with zero attached hydrogens (tertiary/aromatic N) is 1. The molecule has 1 aromatic heterocycles. The molecule has 0 bridgehead atoms. The van der Waals surface area contributed by atoms with E-state index in [2.05, 4.69) is 15.6 Å². The van der Waals surface area contributed by atoms with Crippen LogP contribution in [0, 0.1) is 0 Å². The third kappa shape index (κ3) is 4.50. The minimum Gasteiger partial charge on any atom is -0.556 e. The van der Waals surface area contributed by atoms with Crippen molar-refractivity contribution in [1.82, 2.24) is 10.3 Å². The van der Waals surface area contributed by atoms with Crippen molar-refractivity contribution in [2.24, 2.45) is 0 Å². The first kappa shape index (κ1) is 19.0. The molecule has 3 rings (SSSR count). The Balaban J connectivity index is 1.82. The van der Waals surface area contributed by atoms with Gasteiger partial charge in [0.1, 0.15) is 0 Å². The third-order valence-electron chi connectivity index (χ3n) is 4.42. The van der Waals surface area contributed by atoms with E-state index in [1.807, 2.05) is 24.3 Å². The lowest BCUT2D eigenvalue weighted by Gasteiger charge is -2.23. The van der Waals surface area contributed by atoms with Gasteiger partial charge in [0.05, 0.1) is 5.92 Å². The predicted octanol–water partition coefficient (Wildman–Crippen LogP) is 0.299. The van der Waals surface area contributed by atoms with E-state index >= 15 is 0 Å². The zero-order valence-corrected chi connectivity index (χ0v) is 14.8. The number of rotatable bonds is 6. The second kappa shape index (κ2) is 7.85. The lowest BCUT2D eigenvalue weighted by atomic mass is 9.71. The molecule has 5 N–H and O–H groups in total. The van der Waals surface area contributed by atoms with Gasteiger partial charge in [-0.15, -0.1) is 5.46 Å². The number of fused-ring (bicyclic) bond motifs is 1. The number of hydrogen-bond donors (Lipinski definition) is 5. The summed E-state index contributed by atoms with van der Waals surface area (Å²) in [5.74, 6) is -0.686. The fourth-order valence-electron chi connectivity index (χ4n) is 2.94. The van der Waals surface area contributed by atoms with Gasteiger partial charge in [-0.1, -0.05) is 30.3 Å². The van der Waals surface area contributed by atoms with E-state index in [0.717, 1.165) is 10.8 Å². The van der Waals surface area contributed by atoms with Gasteiger partial charge in [0, 0.05) is 30.0 Å². The van der Waals surface area contributed by atoms with Gasteiger partial charge < -0.3 is 25.7 Å². The summed E-state index contributed by atoms with van der Waals surface area (Å²) >= 11 is 0. The highest BCUT2D eigenvalue weighted by molar-refractivity contribution is 6.71. The molecule has 7 nitrogen and oxygen atoms in total. The summed E-state index contributed by atoms with van der Waals surface area (Å²) in [6, 6.07) is 13.5. The number of anilines is 1. The zero-order chi connectivity index (χ0) is 19.4. The highest BCUT2D eigenvalue weighted by Crippen LogP contribution is 2.21. The molecule has 27 heavy (non-hydrogen) atoms. The Bertz CT molecular complexity index is 942. The molecule has 1 heterocycles. The molecule has 1 amide bonds. The molecule has 1 atom stereocenters. The Hall–Kier alpha value is -2.78. The molecule has 0 radical (unpaired) electrons. The maximum Gasteiger partial charge on any atom is 0.402 e. The number of hydrogen-bond acceptors (Lipinski definition) is 6. The van der Waals surface area contributed by atoms with Crippen molar-refractivity contribution in [3.8, 4) is 0 Å². The van der Waals surface area contributed by atoms with Crippen molar-refractivity contribution in [1.29, 1.82) is 0 Å². The topological polar surface area (TPSA) is 115 Å². The van der Waals surface area contributed by atoms with Crippen molar-refractivity contribution in [3.63, 3.8) is 0 Å². The lowest BCUT2D eigenvalue weighted by molar-refractivity contribution is -0.117. The third-order valence-corrected chi connectivity index (χ3v) is 4.42. The van der Waals surface area contributed by atoms with Crippen LogP contribution in [0.1, 0.15) is 11.5 Å². The summed E-state index contributed by atoms with van der Waals surface area (Å²) in [7, 11) is 1.75. The van der Waals surface area contributed by atoms with Crippen LogP contribution in [0.15, 0.2) is 60.9 Å². The minimum atomic E-state index is -3.55. The molecule has 0 spiro atoms. The Morgan fingerprint density at radius 1 is 1.07 bits per heavy atom. The first-order valence-electron chi connectivity index (χ1n) is 8.59. The molecule has 8 heteroatoms. The number of pyridine rings is 1. The molecular weight excluding hydrogens is 345 g/mol. The number of nitrogens with one attached hydrogen (secondary N) is 2. The minimum absolute atomic E-state index is 0.00879. The summed E-state index contributed by atoms with van der Waals surface area (Å²) in [5.41, 5.74) is 1.36. The molecule has 3 aromatic rings. The van der Waals surface area contributed by atoms with Gasteiger partial charge in [-0.05, 0) is 36.2 Å². The van der Waals surface area contributed by atoms with E-state index in [9.17, 15) is 19.9 Å². The van der Waals surface area contributed by atoms with Crippen LogP contribution in [0.2, 0.25) is 0 Å². The quantitative estimate of drug-likeness (QED) is 0.401. The number of amides is 1. The van der Waals surface area contributed by atoms with Crippen molar-refractivity contribution in [3.05, 3.63) is 66.5 Å². The first-order chi connectivity index (χ1) is 12.9. The van der Waals surface area contributed by atoms with Gasteiger partial charge in [-0.2, -0.15) is 0 Å². The molecule has 0 aliphatic rings. The van der Waals surface area contributed by atoms with Crippen LogP contribution >= 0.6 is 0 Å². The average molecular weight is 366 g/mol. The normalized spacial score (nSPS) is 12.7. The second-order valence-electron chi connectivity index (χ2n) is 6.44. The Morgan fingerprint density at radius 3 is 2.48 bits per heavy atom. The van der Waals surface area contributed by atoms with Crippen molar-refractivity contribution in [2.45, 2.75) is 5.92 Å². The molecule has 0 aliphatic heterocycles. The Morgan fingerprint density at radius 2 is 1.81 bits per heavy atom. The van der Waals surface area contributed by atoms with E-state index in [1.165, 1.54) is 12.1 Å². The van der Waals surface area contributed by atoms with Crippen LogP contribution in [0.3, 0.4) is 0 Å². The van der Waals surface area contributed by atoms with E-state index in [-0.39, 0.29) is 11.4 Å². The monoisotopic (exact) mass is 366 g/mol. The lowest BCUT2D eigenvalue weighted by Crippen LogP contribution is -2.48. The second-order valence-corrected chi connectivity index (χ2v) is 6.44. The van der Waals surface area contributed by atoms with Crippen LogP contribution in [-0.4, -0.2) is 46.3 Å². The maximum absolute atomic E-state index is 12.8. The molecular formula is C19H21BN3O4-. The summed E-state index contributed by atoms with van der Waals surface area (Å²) in [6.45, 7) is -3.15. The van der Waals surface area contributed by atoms with Gasteiger partial charge in [-0.3, -0.25) is 9.78 Å². The van der Waals surface area contributed by atoms with Gasteiger partial charge in [0.15, 0.2) is 0 Å². The smallest absolute Gasteiger partial charge is 0.402 e. The number of aromatic nitrogens is 1. The zero-order valence-electron chi connectivity index (χ0n) is 14.8. The standard InChI is InChI=1S/C19H21BN3O4/c1-21-12-18(13-2-5-16(6-3-13)20(25,26)27)19(24)23-17-7-4-15-11-22-9-8-14(15)10-17/h2-11,18,21,25-27H,12H2,1H3,(H,23,24)/q-1. The summed E-state index contributed by atoms with van der Waals surface area (Å²) in [5, 5.41) is 35.7. The highest BCUT2D eigenvalue weighted by Gasteiger charge is 2.22. The van der Waals surface area contributed by atoms with E-state index in [0.29, 0.717) is 17.8 Å². The number of likely N-dealkylation sites (N-methyl/N-ethyl adjacent to an activating group) is 1. The Kier molecular flexibility index (Phi) is 5.52. The fraction of sp³-hybridized carbons (Fsp3) is 0.158. The number of carbonyl (C=O) groups is 1. The van der Waals surface area contributed by atoms with Crippen LogP contribution in [-0.2, 0) is 4.79 Å². The molecule has 0 saturated carbocycles. The molecule has 1 unspecified atom stereocenters. The van der Waals surface area contributed by atoms with Crippen LogP contribution in [0.25, 0.3) is 10.8 Å². The highest BCUT2D eigenvalue weighted by atomic mass is 16.5. The SMILES string of the molecule is CNCC(C(=O)Nc1ccc2cnccc2c1)c1ccc([B-](O)(O)O)cc1. The van der Waals surface area contributed by atoms with Gasteiger partial charge in [0.25, 0.3) is 0 Å². The van der Waals surface area contributed by atoms with Crippen molar-refractivity contribution in [2.75, 3.05) is 18.9 Å². The first-order valence-corrected chi connectivity index (χ1v) is 8.59. The fourth-order valence-corrected chi connectivity index (χ4v) is 2.94. The van der Waals surface area contributed by atoms with Gasteiger partial charge in [-0.25, -0.2) is 0 Å². The van der Waals surface area contributed by atoms with E-state index in [1.54, 1.807) is 31.6 Å². The average Bonchev–Trinajstić information content (AvgIpc) is 2.65. The van der Waals surface area contributed by atoms with Crippen LogP contribution < -0.4 is 16.1 Å². The molecule has 0 aliphatic carbocycles. The summed E-state index contributed by atoms with van der Waals surface area (Å²) < 4.78 is 0. The molecule has 0 fully saturated rings. The van der Waals surface area contributed by atoms with E-state index in [4.69, 9.17) is 0 Å². The molecule has 0 saturated heterocycles. The molecule has 140 valence electrons. The number of carbonyl (C=O) groups excluding carboxylic acids is 1. The van der Waals surface area contributed by atoms with Gasteiger partial charge >= 0.3 is 6.75 Å². The maximum atomic E-state index is 12.8. The van der Waals surface area contributed by atoms with Gasteiger partial charge in [0.2, 0.25) is 5.91 Å². The summed E-state index contributed by atoms with van der Waals surface area (Å²) in [4.78, 5) is 16.9.